The van der Waals surface area contributed by atoms with E-state index in [4.69, 9.17) is 4.74 Å². The molecule has 0 aliphatic rings. The van der Waals surface area contributed by atoms with Crippen LogP contribution in [0.25, 0.3) is 0 Å². The largest absolute Gasteiger partial charge is 0.463 e. The molecule has 5 heteroatoms. The summed E-state index contributed by atoms with van der Waals surface area (Å²) in [5.74, 6) is 0.788. The molecule has 0 fully saturated rings. The lowest BCUT2D eigenvalue weighted by molar-refractivity contribution is 0.313. The first-order valence-corrected chi connectivity index (χ1v) is 3.55. The summed E-state index contributed by atoms with van der Waals surface area (Å²) in [4.78, 5) is 4.04. The maximum absolute atomic E-state index is 5.05. The first-order chi connectivity index (χ1) is 5.36. The topological polar surface area (TPSA) is 62.8 Å². The molecule has 0 aliphatic carbocycles. The van der Waals surface area contributed by atoms with Crippen molar-refractivity contribution in [3.8, 4) is 6.01 Å². The van der Waals surface area contributed by atoms with Crippen LogP contribution in [0.3, 0.4) is 0 Å². The molecule has 0 spiro atoms. The Balaban J connectivity index is 2.51. The number of aromatic amines is 1. The van der Waals surface area contributed by atoms with Gasteiger partial charge in [-0.05, 0) is 14.0 Å². The van der Waals surface area contributed by atoms with E-state index in [1.54, 1.807) is 0 Å². The highest BCUT2D eigenvalue weighted by molar-refractivity contribution is 4.94. The van der Waals surface area contributed by atoms with Gasteiger partial charge < -0.3 is 10.1 Å². The molecule has 0 unspecified atom stereocenters. The zero-order valence-corrected chi connectivity index (χ0v) is 6.72. The fourth-order valence-corrected chi connectivity index (χ4v) is 0.718. The van der Waals surface area contributed by atoms with Gasteiger partial charge >= 0.3 is 6.01 Å². The van der Waals surface area contributed by atoms with E-state index in [1.807, 2.05) is 14.0 Å². The highest BCUT2D eigenvalue weighted by Crippen LogP contribution is 1.99. The summed E-state index contributed by atoms with van der Waals surface area (Å²) < 4.78 is 5.05. The molecule has 0 atom stereocenters. The summed E-state index contributed by atoms with van der Waals surface area (Å²) in [6, 6.07) is 0.415. The predicted octanol–water partition coefficient (Wildman–Crippen LogP) is -0.0772. The van der Waals surface area contributed by atoms with E-state index in [0.29, 0.717) is 19.2 Å². The minimum Gasteiger partial charge on any atom is -0.463 e. The Kier molecular flexibility index (Phi) is 2.85. The molecule has 0 aromatic carbocycles. The standard InChI is InChI=1S/C6H12N4O/c1-3-11-6-8-5(4-7-2)9-10-6/h7H,3-4H2,1-2H3,(H,8,9,10). The van der Waals surface area contributed by atoms with Crippen LogP contribution in [0.15, 0.2) is 0 Å². The lowest BCUT2D eigenvalue weighted by Gasteiger charge is -1.92. The Labute approximate surface area is 65.2 Å². The van der Waals surface area contributed by atoms with Gasteiger partial charge in [-0.25, -0.2) is 0 Å². The second kappa shape index (κ2) is 3.92. The molecule has 2 N–H and O–H groups in total. The van der Waals surface area contributed by atoms with Gasteiger partial charge in [-0.1, -0.05) is 0 Å². The normalized spacial score (nSPS) is 10.0. The van der Waals surface area contributed by atoms with Crippen LogP contribution in [0.2, 0.25) is 0 Å². The van der Waals surface area contributed by atoms with Crippen LogP contribution in [0, 0.1) is 0 Å². The number of hydrogen-bond acceptors (Lipinski definition) is 4. The molecular weight excluding hydrogens is 144 g/mol. The van der Waals surface area contributed by atoms with Gasteiger partial charge in [0.25, 0.3) is 0 Å². The third kappa shape index (κ3) is 2.19. The number of H-pyrrole nitrogens is 1. The molecule has 0 saturated heterocycles. The highest BCUT2D eigenvalue weighted by Gasteiger charge is 2.00. The fourth-order valence-electron chi connectivity index (χ4n) is 0.718. The molecule has 0 bridgehead atoms. The van der Waals surface area contributed by atoms with Gasteiger partial charge in [-0.3, -0.25) is 5.10 Å². The molecule has 5 nitrogen and oxygen atoms in total. The van der Waals surface area contributed by atoms with E-state index in [2.05, 4.69) is 20.5 Å². The minimum atomic E-state index is 0.415. The monoisotopic (exact) mass is 156 g/mol. The summed E-state index contributed by atoms with van der Waals surface area (Å²) in [6.07, 6.45) is 0. The smallest absolute Gasteiger partial charge is 0.335 e. The summed E-state index contributed by atoms with van der Waals surface area (Å²) in [6.45, 7) is 3.17. The summed E-state index contributed by atoms with van der Waals surface area (Å²) in [5.41, 5.74) is 0. The maximum Gasteiger partial charge on any atom is 0.335 e. The predicted molar refractivity (Wildman–Crippen MR) is 40.3 cm³/mol. The number of hydrogen-bond donors (Lipinski definition) is 2. The van der Waals surface area contributed by atoms with Crippen molar-refractivity contribution in [2.24, 2.45) is 0 Å². The average molecular weight is 156 g/mol. The van der Waals surface area contributed by atoms with Crippen molar-refractivity contribution in [3.63, 3.8) is 0 Å². The maximum atomic E-state index is 5.05. The Morgan fingerprint density at radius 2 is 2.45 bits per heavy atom. The summed E-state index contributed by atoms with van der Waals surface area (Å²) >= 11 is 0. The average Bonchev–Trinajstić information content (AvgIpc) is 2.38. The van der Waals surface area contributed by atoms with Crippen LogP contribution in [0.1, 0.15) is 12.7 Å². The Bertz CT molecular complexity index is 190. The van der Waals surface area contributed by atoms with Gasteiger partial charge in [0.15, 0.2) is 0 Å². The van der Waals surface area contributed by atoms with E-state index in [9.17, 15) is 0 Å². The van der Waals surface area contributed by atoms with Crippen molar-refractivity contribution < 1.29 is 4.74 Å². The van der Waals surface area contributed by atoms with Crippen molar-refractivity contribution in [1.82, 2.24) is 20.5 Å². The van der Waals surface area contributed by atoms with Gasteiger partial charge in [-0.15, -0.1) is 5.10 Å². The van der Waals surface area contributed by atoms with Crippen molar-refractivity contribution in [2.75, 3.05) is 13.7 Å². The zero-order chi connectivity index (χ0) is 8.10. The van der Waals surface area contributed by atoms with Crippen molar-refractivity contribution in [3.05, 3.63) is 5.82 Å². The van der Waals surface area contributed by atoms with Crippen LogP contribution >= 0.6 is 0 Å². The van der Waals surface area contributed by atoms with E-state index >= 15 is 0 Å². The van der Waals surface area contributed by atoms with Crippen LogP contribution < -0.4 is 10.1 Å². The Morgan fingerprint density at radius 1 is 1.64 bits per heavy atom. The molecular formula is C6H12N4O. The van der Waals surface area contributed by atoms with Crippen LogP contribution in [-0.4, -0.2) is 28.8 Å². The van der Waals surface area contributed by atoms with E-state index < -0.39 is 0 Å². The molecule has 0 aliphatic heterocycles. The highest BCUT2D eigenvalue weighted by atomic mass is 16.5. The lowest BCUT2D eigenvalue weighted by atomic mass is 10.6. The van der Waals surface area contributed by atoms with Gasteiger partial charge in [0, 0.05) is 0 Å². The Hall–Kier alpha value is -1.10. The SMILES string of the molecule is CCOc1n[nH]c(CNC)n1. The number of nitrogens with one attached hydrogen (secondary N) is 2. The van der Waals surface area contributed by atoms with Crippen LogP contribution in [0.5, 0.6) is 6.01 Å². The van der Waals surface area contributed by atoms with Crippen LogP contribution in [-0.2, 0) is 6.54 Å². The van der Waals surface area contributed by atoms with E-state index in [1.165, 1.54) is 0 Å². The fraction of sp³-hybridized carbons (Fsp3) is 0.667. The Morgan fingerprint density at radius 3 is 3.09 bits per heavy atom. The summed E-state index contributed by atoms with van der Waals surface area (Å²) in [5, 5.41) is 9.52. The third-order valence-electron chi connectivity index (χ3n) is 1.13. The molecule has 1 aromatic heterocycles. The van der Waals surface area contributed by atoms with E-state index in [-0.39, 0.29) is 0 Å². The number of nitrogens with zero attached hydrogens (tertiary/aromatic N) is 2. The molecule has 0 amide bonds. The first-order valence-electron chi connectivity index (χ1n) is 3.55. The molecule has 62 valence electrons. The van der Waals surface area contributed by atoms with Crippen molar-refractivity contribution in [2.45, 2.75) is 13.5 Å². The van der Waals surface area contributed by atoms with E-state index in [0.717, 1.165) is 5.82 Å². The molecule has 1 rings (SSSR count). The summed E-state index contributed by atoms with van der Waals surface area (Å²) in [7, 11) is 1.85. The van der Waals surface area contributed by atoms with Crippen molar-refractivity contribution in [1.29, 1.82) is 0 Å². The van der Waals surface area contributed by atoms with Gasteiger partial charge in [0.05, 0.1) is 13.2 Å². The van der Waals surface area contributed by atoms with Gasteiger partial charge in [-0.2, -0.15) is 4.98 Å². The molecule has 1 heterocycles. The third-order valence-corrected chi connectivity index (χ3v) is 1.13. The molecule has 11 heavy (non-hydrogen) atoms. The number of ether oxygens (including phenoxy) is 1. The first kappa shape index (κ1) is 8.00. The van der Waals surface area contributed by atoms with Crippen LogP contribution in [0.4, 0.5) is 0 Å². The minimum absolute atomic E-state index is 0.415. The second-order valence-electron chi connectivity index (χ2n) is 2.03. The van der Waals surface area contributed by atoms with Crippen molar-refractivity contribution >= 4 is 0 Å². The molecule has 1 aromatic rings. The lowest BCUT2D eigenvalue weighted by Crippen LogP contribution is -2.06. The molecule has 0 saturated carbocycles. The van der Waals surface area contributed by atoms with Gasteiger partial charge in [0.2, 0.25) is 0 Å². The zero-order valence-electron chi connectivity index (χ0n) is 6.72. The number of aromatic nitrogens is 3. The second-order valence-corrected chi connectivity index (χ2v) is 2.03. The molecule has 0 radical (unpaired) electrons. The quantitative estimate of drug-likeness (QED) is 0.640. The van der Waals surface area contributed by atoms with Gasteiger partial charge in [0.1, 0.15) is 5.82 Å². The number of rotatable bonds is 4.